The molecule has 0 aromatic carbocycles. The van der Waals surface area contributed by atoms with Gasteiger partial charge in [-0.2, -0.15) is 0 Å². The molecule has 0 N–H and O–H groups in total. The Hall–Kier alpha value is 1.34. The van der Waals surface area contributed by atoms with Crippen LogP contribution in [0.1, 0.15) is 27.7 Å². The minimum Gasteiger partial charge on any atom is -0.694 e. The quantitative estimate of drug-likeness (QED) is 0.181. The third-order valence-corrected chi connectivity index (χ3v) is 12.7. The monoisotopic (exact) mass is 822 g/mol. The van der Waals surface area contributed by atoms with E-state index in [1.807, 2.05) is 23.7 Å². The van der Waals surface area contributed by atoms with Crippen LogP contribution in [0.4, 0.5) is 0 Å². The molecule has 0 aliphatic heterocycles. The Morgan fingerprint density at radius 3 is 0.500 bits per heavy atom. The smallest absolute Gasteiger partial charge is 0.694 e. The Kier molecular flexibility index (Phi) is 105. The Labute approximate surface area is 214 Å². The second-order valence-electron chi connectivity index (χ2n) is 6.18. The fourth-order valence-corrected chi connectivity index (χ4v) is 12.7. The molecule has 0 aromatic rings. The predicted molar refractivity (Wildman–Crippen MR) is 142 cm³/mol. The number of hydrogen-bond donors (Lipinski definition) is 0. The molecule has 0 atom stereocenters. The van der Waals surface area contributed by atoms with E-state index < -0.39 is 0 Å². The van der Waals surface area contributed by atoms with Crippen molar-refractivity contribution in [3.05, 3.63) is 25.7 Å². The first-order valence-electron chi connectivity index (χ1n) is 8.41. The van der Waals surface area contributed by atoms with Crippen LogP contribution in [-0.2, 0) is 42.1 Å². The zero-order valence-corrected chi connectivity index (χ0v) is 28.6. The summed E-state index contributed by atoms with van der Waals surface area (Å²) in [5.41, 5.74) is 0. The molecule has 0 saturated carbocycles. The van der Waals surface area contributed by atoms with Gasteiger partial charge in [0.2, 0.25) is 0 Å². The van der Waals surface area contributed by atoms with Gasteiger partial charge < -0.3 is 49.4 Å². The first-order chi connectivity index (χ1) is 11.9. The molecule has 0 fully saturated rings. The SMILES string of the molecule is C[PH+](C)C[PH+](C)C.C[PH+](C)C[PH+](C)C.[C-]#CC.[C-]#CC.[C-]#CC.[C-]#CC.[Pt+2].[Pt+2]. The Bertz CT molecular complexity index is 305. The van der Waals surface area contributed by atoms with E-state index in [1.54, 1.807) is 39.5 Å². The minimum atomic E-state index is 0. The molecule has 168 valence electrons. The summed E-state index contributed by atoms with van der Waals surface area (Å²) in [5, 5.41) is 0. The fourth-order valence-electron chi connectivity index (χ4n) is 1.41. The van der Waals surface area contributed by atoms with Crippen molar-refractivity contribution in [1.82, 2.24) is 0 Å². The van der Waals surface area contributed by atoms with Crippen LogP contribution in [0.3, 0.4) is 0 Å². The van der Waals surface area contributed by atoms with Gasteiger partial charge >= 0.3 is 42.1 Å². The fraction of sp³-hybridized carbons (Fsp3) is 0.636. The van der Waals surface area contributed by atoms with Gasteiger partial charge in [0.15, 0.2) is 11.8 Å². The second kappa shape index (κ2) is 56.6. The summed E-state index contributed by atoms with van der Waals surface area (Å²) in [6, 6.07) is 0. The summed E-state index contributed by atoms with van der Waals surface area (Å²) in [6.45, 7) is 25.3. The molecule has 0 amide bonds. The summed E-state index contributed by atoms with van der Waals surface area (Å²) >= 11 is 0. The van der Waals surface area contributed by atoms with Crippen molar-refractivity contribution in [2.24, 2.45) is 0 Å². The average molecular weight is 823 g/mol. The van der Waals surface area contributed by atoms with E-state index in [4.69, 9.17) is 25.7 Å². The van der Waals surface area contributed by atoms with E-state index in [-0.39, 0.29) is 73.8 Å². The summed E-state index contributed by atoms with van der Waals surface area (Å²) in [7, 11) is 0.444. The maximum atomic E-state index is 5.96. The van der Waals surface area contributed by atoms with Crippen molar-refractivity contribution in [2.75, 3.05) is 65.1 Å². The largest absolute Gasteiger partial charge is 2.00 e. The number of hydrogen-bond acceptors (Lipinski definition) is 0. The molecule has 0 rings (SSSR count). The molecule has 0 heterocycles. The van der Waals surface area contributed by atoms with Gasteiger partial charge in [0, 0.05) is 85.0 Å². The molecular weight excluding hydrogens is 778 g/mol. The van der Waals surface area contributed by atoms with Gasteiger partial charge in [0.1, 0.15) is 0 Å². The minimum absolute atomic E-state index is 0. The van der Waals surface area contributed by atoms with Crippen LogP contribution >= 0.6 is 31.7 Å². The summed E-state index contributed by atoms with van der Waals surface area (Å²) in [4.78, 5) is 0. The van der Waals surface area contributed by atoms with Crippen LogP contribution in [0.25, 0.3) is 0 Å². The van der Waals surface area contributed by atoms with E-state index in [1.165, 1.54) is 0 Å². The molecule has 0 radical (unpaired) electrons. The van der Waals surface area contributed by atoms with Crippen molar-refractivity contribution in [1.29, 1.82) is 0 Å². The molecule has 0 spiro atoms. The zero-order chi connectivity index (χ0) is 22.6. The van der Waals surface area contributed by atoms with E-state index >= 15 is 0 Å². The van der Waals surface area contributed by atoms with Gasteiger partial charge in [-0.15, -0.1) is 0 Å². The van der Waals surface area contributed by atoms with Crippen LogP contribution in [0, 0.1) is 49.4 Å². The van der Waals surface area contributed by atoms with E-state index in [9.17, 15) is 0 Å². The third-order valence-electron chi connectivity index (χ3n) is 1.41. The maximum Gasteiger partial charge on any atom is 2.00 e. The zero-order valence-electron chi connectivity index (χ0n) is 20.0. The van der Waals surface area contributed by atoms with Crippen molar-refractivity contribution in [3.63, 3.8) is 0 Å². The predicted octanol–water partition coefficient (Wildman–Crippen LogP) is 6.16. The Balaban J connectivity index is -0.0000000297. The first kappa shape index (κ1) is 51.7. The molecule has 28 heavy (non-hydrogen) atoms. The molecule has 6 heteroatoms. The Morgan fingerprint density at radius 2 is 0.500 bits per heavy atom. The van der Waals surface area contributed by atoms with E-state index in [0.29, 0.717) is 0 Å². The van der Waals surface area contributed by atoms with Crippen molar-refractivity contribution < 1.29 is 42.1 Å². The molecule has 0 nitrogen and oxygen atoms in total. The van der Waals surface area contributed by atoms with Gasteiger partial charge in [-0.25, -0.2) is 0 Å². The first-order valence-corrected chi connectivity index (χ1v) is 19.2. The van der Waals surface area contributed by atoms with Crippen LogP contribution in [0.5, 0.6) is 0 Å². The average Bonchev–Trinajstić information content (AvgIpc) is 2.39. The molecule has 0 aromatic heterocycles. The standard InChI is InChI=1S/2C5H14P2.4C3H3.2Pt/c2*1-6(2)5-7(3)4;4*1-3-2;;/h2*5H2,1-4H3;4*1H3;;/q;;4*-1;2*+2/p+4. The van der Waals surface area contributed by atoms with Crippen LogP contribution in [0.2, 0.25) is 0 Å². The van der Waals surface area contributed by atoms with E-state index in [0.717, 1.165) is 0 Å². The van der Waals surface area contributed by atoms with Crippen molar-refractivity contribution >= 4 is 31.7 Å². The van der Waals surface area contributed by atoms with Gasteiger partial charge in [-0.1, -0.05) is 0 Å². The van der Waals surface area contributed by atoms with Crippen LogP contribution in [-0.4, -0.2) is 65.1 Å². The van der Waals surface area contributed by atoms with Crippen LogP contribution < -0.4 is 0 Å². The van der Waals surface area contributed by atoms with Crippen molar-refractivity contribution in [2.45, 2.75) is 27.7 Å². The normalized spacial score (nSPS) is 6.71. The van der Waals surface area contributed by atoms with Gasteiger partial charge in [-0.3, -0.25) is 0 Å². The van der Waals surface area contributed by atoms with Gasteiger partial charge in [0.05, 0.1) is 0 Å². The molecular formula is C22H44P4Pt2+4. The van der Waals surface area contributed by atoms with E-state index in [2.05, 4.69) is 53.3 Å². The molecule has 0 saturated heterocycles. The topological polar surface area (TPSA) is 0 Å². The molecule has 0 aliphatic rings. The molecule has 0 aliphatic carbocycles. The number of rotatable bonds is 4. The summed E-state index contributed by atoms with van der Waals surface area (Å²) in [6.07, 6.45) is 23.8. The van der Waals surface area contributed by atoms with Gasteiger partial charge in [-0.05, 0) is 27.7 Å². The maximum absolute atomic E-state index is 5.96. The van der Waals surface area contributed by atoms with Crippen molar-refractivity contribution in [3.8, 4) is 23.7 Å². The van der Waals surface area contributed by atoms with Crippen LogP contribution in [0.15, 0.2) is 0 Å². The molecule has 0 bridgehead atoms. The summed E-state index contributed by atoms with van der Waals surface area (Å²) in [5.74, 6) is 11.1. The molecule has 0 unspecified atom stereocenters. The second-order valence-corrected chi connectivity index (χ2v) is 18.7. The third kappa shape index (κ3) is 218. The Morgan fingerprint density at radius 1 is 0.429 bits per heavy atom. The summed E-state index contributed by atoms with van der Waals surface area (Å²) < 4.78 is 0. The van der Waals surface area contributed by atoms with Gasteiger partial charge in [0.25, 0.3) is 0 Å².